The van der Waals surface area contributed by atoms with Crippen LogP contribution in [0.15, 0.2) is 18.2 Å². The minimum absolute atomic E-state index is 0.0274. The Morgan fingerprint density at radius 3 is 2.82 bits per heavy atom. The van der Waals surface area contributed by atoms with Gasteiger partial charge in [-0.15, -0.1) is 0 Å². The molecule has 0 N–H and O–H groups in total. The Balaban J connectivity index is 2.60. The lowest BCUT2D eigenvalue weighted by molar-refractivity contribution is -0.384. The van der Waals surface area contributed by atoms with E-state index >= 15 is 0 Å². The van der Waals surface area contributed by atoms with E-state index in [4.69, 9.17) is 0 Å². The van der Waals surface area contributed by atoms with E-state index in [1.54, 1.807) is 6.07 Å². The predicted octanol–water partition coefficient (Wildman–Crippen LogP) is 2.28. The van der Waals surface area contributed by atoms with Gasteiger partial charge in [0.15, 0.2) is 0 Å². The summed E-state index contributed by atoms with van der Waals surface area (Å²) in [5, 5.41) is 11.0. The lowest BCUT2D eigenvalue weighted by Crippen LogP contribution is -2.29. The summed E-state index contributed by atoms with van der Waals surface area (Å²) in [6.07, 6.45) is 2.63. The fourth-order valence-corrected chi connectivity index (χ4v) is 2.25. The molecule has 1 heterocycles. The Kier molecular flexibility index (Phi) is 3.08. The van der Waals surface area contributed by atoms with Gasteiger partial charge in [-0.25, -0.2) is 0 Å². The summed E-state index contributed by atoms with van der Waals surface area (Å²) in [6, 6.07) is 5.00. The molecule has 1 aliphatic heterocycles. The zero-order chi connectivity index (χ0) is 12.4. The molecule has 0 spiro atoms. The van der Waals surface area contributed by atoms with E-state index in [9.17, 15) is 14.9 Å². The Labute approximate surface area is 99.2 Å². The van der Waals surface area contributed by atoms with Gasteiger partial charge in [0.2, 0.25) is 5.91 Å². The van der Waals surface area contributed by atoms with Crippen molar-refractivity contribution in [3.05, 3.63) is 33.9 Å². The van der Waals surface area contributed by atoms with Crippen molar-refractivity contribution in [2.24, 2.45) is 0 Å². The number of rotatable bonds is 1. The molecular formula is C12H14N2O3. The number of fused-ring (bicyclic) bond motifs is 1. The first kappa shape index (κ1) is 11.6. The molecule has 0 saturated heterocycles. The molecular weight excluding hydrogens is 220 g/mol. The SMILES string of the molecule is CC(=O)N1CCCCc2cccc([N+](=O)[O-])c21. The van der Waals surface area contributed by atoms with Crippen LogP contribution in [0.2, 0.25) is 0 Å². The molecule has 5 heteroatoms. The van der Waals surface area contributed by atoms with Crippen LogP contribution in [0.3, 0.4) is 0 Å². The lowest BCUT2D eigenvalue weighted by atomic mass is 10.1. The smallest absolute Gasteiger partial charge is 0.293 e. The minimum Gasteiger partial charge on any atom is -0.306 e. The van der Waals surface area contributed by atoms with Crippen molar-refractivity contribution < 1.29 is 9.72 Å². The number of hydrogen-bond donors (Lipinski definition) is 0. The number of amides is 1. The summed E-state index contributed by atoms with van der Waals surface area (Å²) in [7, 11) is 0. The van der Waals surface area contributed by atoms with Gasteiger partial charge in [-0.3, -0.25) is 14.9 Å². The summed E-state index contributed by atoms with van der Waals surface area (Å²) >= 11 is 0. The molecule has 0 bridgehead atoms. The van der Waals surface area contributed by atoms with Crippen LogP contribution >= 0.6 is 0 Å². The van der Waals surface area contributed by atoms with Crippen LogP contribution in [0.25, 0.3) is 0 Å². The van der Waals surface area contributed by atoms with Crippen molar-refractivity contribution in [1.82, 2.24) is 0 Å². The van der Waals surface area contributed by atoms with Gasteiger partial charge in [-0.05, 0) is 24.8 Å². The average Bonchev–Trinajstić information content (AvgIpc) is 2.50. The molecule has 1 aliphatic rings. The van der Waals surface area contributed by atoms with E-state index in [-0.39, 0.29) is 11.6 Å². The van der Waals surface area contributed by atoms with E-state index in [0.717, 1.165) is 24.8 Å². The molecule has 0 saturated carbocycles. The van der Waals surface area contributed by atoms with Gasteiger partial charge < -0.3 is 4.90 Å². The number of nitro benzene ring substituents is 1. The van der Waals surface area contributed by atoms with E-state index in [0.29, 0.717) is 12.2 Å². The first-order valence-electron chi connectivity index (χ1n) is 5.65. The molecule has 0 aliphatic carbocycles. The largest absolute Gasteiger partial charge is 0.306 e. The van der Waals surface area contributed by atoms with Gasteiger partial charge in [0, 0.05) is 19.5 Å². The topological polar surface area (TPSA) is 63.5 Å². The third kappa shape index (κ3) is 2.13. The maximum absolute atomic E-state index is 11.6. The molecule has 0 fully saturated rings. The molecule has 1 amide bonds. The van der Waals surface area contributed by atoms with Crippen molar-refractivity contribution in [2.45, 2.75) is 26.2 Å². The van der Waals surface area contributed by atoms with E-state index in [2.05, 4.69) is 0 Å². The molecule has 0 aromatic heterocycles. The van der Waals surface area contributed by atoms with Gasteiger partial charge in [-0.1, -0.05) is 12.1 Å². The lowest BCUT2D eigenvalue weighted by Gasteiger charge is -2.20. The van der Waals surface area contributed by atoms with E-state index < -0.39 is 4.92 Å². The number of anilines is 1. The number of carbonyl (C=O) groups is 1. The van der Waals surface area contributed by atoms with Gasteiger partial charge in [0.05, 0.1) is 4.92 Å². The summed E-state index contributed by atoms with van der Waals surface area (Å²) in [5.74, 6) is -0.137. The normalized spacial score (nSPS) is 15.0. The highest BCUT2D eigenvalue weighted by molar-refractivity contribution is 5.95. The number of aryl methyl sites for hydroxylation is 1. The number of para-hydroxylation sites is 1. The number of nitrogens with zero attached hydrogens (tertiary/aromatic N) is 2. The maximum atomic E-state index is 11.6. The van der Waals surface area contributed by atoms with Crippen molar-refractivity contribution in [3.8, 4) is 0 Å². The van der Waals surface area contributed by atoms with Crippen LogP contribution in [0, 0.1) is 10.1 Å². The number of benzene rings is 1. The van der Waals surface area contributed by atoms with Gasteiger partial charge in [-0.2, -0.15) is 0 Å². The second-order valence-electron chi connectivity index (χ2n) is 4.17. The molecule has 1 aromatic rings. The summed E-state index contributed by atoms with van der Waals surface area (Å²) in [6.45, 7) is 2.01. The number of nitro groups is 1. The van der Waals surface area contributed by atoms with Crippen molar-refractivity contribution in [1.29, 1.82) is 0 Å². The zero-order valence-electron chi connectivity index (χ0n) is 9.68. The number of carbonyl (C=O) groups excluding carboxylic acids is 1. The average molecular weight is 234 g/mol. The van der Waals surface area contributed by atoms with E-state index in [1.807, 2.05) is 6.07 Å². The van der Waals surface area contributed by atoms with Crippen molar-refractivity contribution in [3.63, 3.8) is 0 Å². The number of hydrogen-bond acceptors (Lipinski definition) is 3. The highest BCUT2D eigenvalue weighted by Crippen LogP contribution is 2.35. The highest BCUT2D eigenvalue weighted by Gasteiger charge is 2.26. The van der Waals surface area contributed by atoms with Crippen LogP contribution < -0.4 is 4.90 Å². The van der Waals surface area contributed by atoms with Crippen LogP contribution in [0.1, 0.15) is 25.3 Å². The second kappa shape index (κ2) is 4.53. The third-order valence-corrected chi connectivity index (χ3v) is 3.02. The summed E-state index contributed by atoms with van der Waals surface area (Å²) in [5.41, 5.74) is 1.41. The monoisotopic (exact) mass is 234 g/mol. The quantitative estimate of drug-likeness (QED) is 0.553. The maximum Gasteiger partial charge on any atom is 0.293 e. The predicted molar refractivity (Wildman–Crippen MR) is 64.1 cm³/mol. The fraction of sp³-hybridized carbons (Fsp3) is 0.417. The Bertz CT molecular complexity index is 471. The highest BCUT2D eigenvalue weighted by atomic mass is 16.6. The first-order valence-corrected chi connectivity index (χ1v) is 5.65. The van der Waals surface area contributed by atoms with Crippen LogP contribution in [-0.4, -0.2) is 17.4 Å². The molecule has 17 heavy (non-hydrogen) atoms. The molecule has 0 radical (unpaired) electrons. The molecule has 2 rings (SSSR count). The van der Waals surface area contributed by atoms with Crippen LogP contribution in [0.4, 0.5) is 11.4 Å². The Hall–Kier alpha value is -1.91. The molecule has 0 atom stereocenters. The van der Waals surface area contributed by atoms with E-state index in [1.165, 1.54) is 17.9 Å². The van der Waals surface area contributed by atoms with Crippen molar-refractivity contribution >= 4 is 17.3 Å². The first-order chi connectivity index (χ1) is 8.11. The van der Waals surface area contributed by atoms with Crippen molar-refractivity contribution in [2.75, 3.05) is 11.4 Å². The summed E-state index contributed by atoms with van der Waals surface area (Å²) < 4.78 is 0. The minimum atomic E-state index is -0.417. The molecule has 90 valence electrons. The van der Waals surface area contributed by atoms with Gasteiger partial charge in [0.1, 0.15) is 5.69 Å². The Morgan fingerprint density at radius 2 is 2.18 bits per heavy atom. The standard InChI is InChI=1S/C12H14N2O3/c1-9(15)13-8-3-2-5-10-6-4-7-11(12(10)13)14(16)17/h4,6-7H,2-3,5,8H2,1H3. The molecule has 5 nitrogen and oxygen atoms in total. The Morgan fingerprint density at radius 1 is 1.41 bits per heavy atom. The van der Waals surface area contributed by atoms with Gasteiger partial charge in [0.25, 0.3) is 5.69 Å². The fourth-order valence-electron chi connectivity index (χ4n) is 2.25. The van der Waals surface area contributed by atoms with Crippen LogP contribution in [0.5, 0.6) is 0 Å². The molecule has 1 aromatic carbocycles. The summed E-state index contributed by atoms with van der Waals surface area (Å²) in [4.78, 5) is 23.7. The zero-order valence-corrected chi connectivity index (χ0v) is 9.68. The third-order valence-electron chi connectivity index (χ3n) is 3.02. The van der Waals surface area contributed by atoms with Crippen LogP contribution in [-0.2, 0) is 11.2 Å². The molecule has 0 unspecified atom stereocenters. The van der Waals surface area contributed by atoms with Gasteiger partial charge >= 0.3 is 0 Å². The second-order valence-corrected chi connectivity index (χ2v) is 4.17.